The van der Waals surface area contributed by atoms with Crippen LogP contribution in [0.4, 0.5) is 0 Å². The Labute approximate surface area is 160 Å². The van der Waals surface area contributed by atoms with Gasteiger partial charge in [-0.2, -0.15) is 0 Å². The minimum Gasteiger partial charge on any atom is -0.493 e. The van der Waals surface area contributed by atoms with E-state index in [2.05, 4.69) is 29.0 Å². The van der Waals surface area contributed by atoms with Gasteiger partial charge in [-0.1, -0.05) is 30.3 Å². The van der Waals surface area contributed by atoms with E-state index in [0.717, 1.165) is 32.5 Å². The molecule has 5 nitrogen and oxygen atoms in total. The van der Waals surface area contributed by atoms with Gasteiger partial charge in [0, 0.05) is 16.0 Å². The average Bonchev–Trinajstić information content (AvgIpc) is 3.05. The lowest BCUT2D eigenvalue weighted by Gasteiger charge is -2.11. The molecule has 2 aromatic heterocycles. The lowest BCUT2D eigenvalue weighted by atomic mass is 10.0. The molecule has 4 rings (SSSR count). The van der Waals surface area contributed by atoms with Crippen molar-refractivity contribution in [2.75, 3.05) is 7.11 Å². The number of hydrogen-bond donors (Lipinski definition) is 0. The van der Waals surface area contributed by atoms with Gasteiger partial charge in [0.1, 0.15) is 17.4 Å². The molecule has 0 bridgehead atoms. The molecule has 0 radical (unpaired) electrons. The SMILES string of the molecule is COc1cc(C=O)ccc1Oc1ncnc2sc(C)c(-c3ccccc3)c12. The van der Waals surface area contributed by atoms with E-state index in [9.17, 15) is 4.79 Å². The van der Waals surface area contributed by atoms with E-state index in [1.54, 1.807) is 29.5 Å². The first-order valence-corrected chi connectivity index (χ1v) is 9.13. The summed E-state index contributed by atoms with van der Waals surface area (Å²) in [5.74, 6) is 1.42. The largest absolute Gasteiger partial charge is 0.493 e. The molecule has 134 valence electrons. The van der Waals surface area contributed by atoms with Crippen LogP contribution in [0.5, 0.6) is 17.4 Å². The summed E-state index contributed by atoms with van der Waals surface area (Å²) in [6.45, 7) is 2.07. The molecule has 0 spiro atoms. The molecule has 0 fully saturated rings. The second-order valence-electron chi connectivity index (χ2n) is 5.89. The fraction of sp³-hybridized carbons (Fsp3) is 0.0952. The van der Waals surface area contributed by atoms with E-state index in [0.29, 0.717) is 22.9 Å². The number of nitrogens with zero attached hydrogens (tertiary/aromatic N) is 2. The van der Waals surface area contributed by atoms with Crippen LogP contribution in [0.2, 0.25) is 0 Å². The molecule has 4 aromatic rings. The molecule has 0 aliphatic rings. The maximum absolute atomic E-state index is 11.0. The highest BCUT2D eigenvalue weighted by molar-refractivity contribution is 7.19. The fourth-order valence-electron chi connectivity index (χ4n) is 2.99. The molecule has 0 atom stereocenters. The monoisotopic (exact) mass is 376 g/mol. The van der Waals surface area contributed by atoms with Crippen molar-refractivity contribution in [2.24, 2.45) is 0 Å². The first kappa shape index (κ1) is 17.2. The highest BCUT2D eigenvalue weighted by atomic mass is 32.1. The third kappa shape index (κ3) is 3.15. The van der Waals surface area contributed by atoms with Crippen LogP contribution in [-0.4, -0.2) is 23.4 Å². The van der Waals surface area contributed by atoms with E-state index in [1.165, 1.54) is 13.4 Å². The molecule has 0 saturated heterocycles. The molecule has 27 heavy (non-hydrogen) atoms. The van der Waals surface area contributed by atoms with Crippen molar-refractivity contribution in [1.82, 2.24) is 9.97 Å². The van der Waals surface area contributed by atoms with Crippen molar-refractivity contribution >= 4 is 27.8 Å². The third-order valence-electron chi connectivity index (χ3n) is 4.22. The number of benzene rings is 2. The summed E-state index contributed by atoms with van der Waals surface area (Å²) in [6, 6.07) is 15.1. The molecular formula is C21H16N2O3S. The minimum absolute atomic E-state index is 0.459. The quantitative estimate of drug-likeness (QED) is 0.444. The maximum Gasteiger partial charge on any atom is 0.231 e. The summed E-state index contributed by atoms with van der Waals surface area (Å²) in [4.78, 5) is 21.8. The van der Waals surface area contributed by atoms with E-state index in [-0.39, 0.29) is 0 Å². The van der Waals surface area contributed by atoms with Crippen molar-refractivity contribution in [3.05, 3.63) is 65.3 Å². The number of aromatic nitrogens is 2. The molecule has 6 heteroatoms. The first-order valence-electron chi connectivity index (χ1n) is 8.32. The second-order valence-corrected chi connectivity index (χ2v) is 7.09. The van der Waals surface area contributed by atoms with E-state index >= 15 is 0 Å². The normalized spacial score (nSPS) is 10.7. The fourth-order valence-corrected chi connectivity index (χ4v) is 4.00. The number of aldehydes is 1. The van der Waals surface area contributed by atoms with Gasteiger partial charge in [-0.15, -0.1) is 11.3 Å². The smallest absolute Gasteiger partial charge is 0.231 e. The Balaban J connectivity index is 1.87. The zero-order valence-corrected chi connectivity index (χ0v) is 15.6. The van der Waals surface area contributed by atoms with Crippen molar-refractivity contribution < 1.29 is 14.3 Å². The van der Waals surface area contributed by atoms with Gasteiger partial charge in [0.25, 0.3) is 0 Å². The second kappa shape index (κ2) is 7.17. The number of aryl methyl sites for hydroxylation is 1. The minimum atomic E-state index is 0.459. The van der Waals surface area contributed by atoms with Gasteiger partial charge in [0.2, 0.25) is 5.88 Å². The molecule has 0 unspecified atom stereocenters. The van der Waals surface area contributed by atoms with Crippen LogP contribution in [0.25, 0.3) is 21.3 Å². The van der Waals surface area contributed by atoms with Crippen molar-refractivity contribution in [2.45, 2.75) is 6.92 Å². The van der Waals surface area contributed by atoms with Crippen LogP contribution >= 0.6 is 11.3 Å². The number of ether oxygens (including phenoxy) is 2. The Morgan fingerprint density at radius 1 is 1.04 bits per heavy atom. The molecule has 0 aliphatic heterocycles. The molecule has 0 aliphatic carbocycles. The number of carbonyl (C=O) groups is 1. The summed E-state index contributed by atoms with van der Waals surface area (Å²) >= 11 is 1.61. The van der Waals surface area contributed by atoms with Crippen LogP contribution in [0, 0.1) is 6.92 Å². The Morgan fingerprint density at radius 2 is 1.85 bits per heavy atom. The Hall–Kier alpha value is -3.25. The summed E-state index contributed by atoms with van der Waals surface area (Å²) in [5.41, 5.74) is 2.67. The van der Waals surface area contributed by atoms with Gasteiger partial charge in [-0.25, -0.2) is 9.97 Å². The zero-order valence-electron chi connectivity index (χ0n) is 14.8. The van der Waals surface area contributed by atoms with E-state index < -0.39 is 0 Å². The lowest BCUT2D eigenvalue weighted by molar-refractivity contribution is 0.112. The maximum atomic E-state index is 11.0. The molecule has 0 N–H and O–H groups in total. The van der Waals surface area contributed by atoms with Gasteiger partial charge < -0.3 is 9.47 Å². The van der Waals surface area contributed by atoms with Gasteiger partial charge >= 0.3 is 0 Å². The average molecular weight is 376 g/mol. The first-order chi connectivity index (χ1) is 13.2. The zero-order chi connectivity index (χ0) is 18.8. The van der Waals surface area contributed by atoms with Gasteiger partial charge in [0.15, 0.2) is 11.5 Å². The predicted octanol–water partition coefficient (Wildman–Crippen LogP) is 5.28. The molecule has 0 amide bonds. The molecule has 0 saturated carbocycles. The van der Waals surface area contributed by atoms with Gasteiger partial charge in [0.05, 0.1) is 12.5 Å². The molecule has 2 aromatic carbocycles. The number of fused-ring (bicyclic) bond motifs is 1. The summed E-state index contributed by atoms with van der Waals surface area (Å²) in [6.07, 6.45) is 2.26. The van der Waals surface area contributed by atoms with Crippen molar-refractivity contribution in [3.8, 4) is 28.5 Å². The Bertz CT molecular complexity index is 1120. The molecular weight excluding hydrogens is 360 g/mol. The van der Waals surface area contributed by atoms with Crippen molar-refractivity contribution in [3.63, 3.8) is 0 Å². The molecule has 2 heterocycles. The van der Waals surface area contributed by atoms with Crippen LogP contribution in [0.3, 0.4) is 0 Å². The standard InChI is InChI=1S/C21H16N2O3S/c1-13-18(15-6-4-3-5-7-15)19-20(22-12-23-21(19)27-13)26-16-9-8-14(11-24)10-17(16)25-2/h3-12H,1-2H3. The number of rotatable bonds is 5. The summed E-state index contributed by atoms with van der Waals surface area (Å²) in [7, 11) is 1.54. The number of methoxy groups -OCH3 is 1. The van der Waals surface area contributed by atoms with Crippen LogP contribution < -0.4 is 9.47 Å². The number of thiophene rings is 1. The van der Waals surface area contributed by atoms with Gasteiger partial charge in [-0.05, 0) is 30.7 Å². The number of hydrogen-bond acceptors (Lipinski definition) is 6. The number of carbonyl (C=O) groups excluding carboxylic acids is 1. The predicted molar refractivity (Wildman–Crippen MR) is 106 cm³/mol. The Morgan fingerprint density at radius 3 is 2.59 bits per heavy atom. The summed E-state index contributed by atoms with van der Waals surface area (Å²) < 4.78 is 11.5. The van der Waals surface area contributed by atoms with Crippen LogP contribution in [-0.2, 0) is 0 Å². The summed E-state index contributed by atoms with van der Waals surface area (Å²) in [5, 5.41) is 0.868. The Kier molecular flexibility index (Phi) is 4.56. The highest BCUT2D eigenvalue weighted by Gasteiger charge is 2.19. The van der Waals surface area contributed by atoms with E-state index in [4.69, 9.17) is 9.47 Å². The van der Waals surface area contributed by atoms with Gasteiger partial charge in [-0.3, -0.25) is 4.79 Å². The van der Waals surface area contributed by atoms with Crippen LogP contribution in [0.1, 0.15) is 15.2 Å². The highest BCUT2D eigenvalue weighted by Crippen LogP contribution is 2.43. The van der Waals surface area contributed by atoms with E-state index in [1.807, 2.05) is 18.2 Å². The topological polar surface area (TPSA) is 61.3 Å². The van der Waals surface area contributed by atoms with Crippen LogP contribution in [0.15, 0.2) is 54.9 Å². The lowest BCUT2D eigenvalue weighted by Crippen LogP contribution is -1.95. The van der Waals surface area contributed by atoms with Crippen molar-refractivity contribution in [1.29, 1.82) is 0 Å². The third-order valence-corrected chi connectivity index (χ3v) is 5.24.